The van der Waals surface area contributed by atoms with Crippen molar-refractivity contribution in [2.45, 2.75) is 38.5 Å². The zero-order valence-corrected chi connectivity index (χ0v) is 14.1. The van der Waals surface area contributed by atoms with E-state index in [1.54, 1.807) is 11.8 Å². The predicted molar refractivity (Wildman–Crippen MR) is 88.2 cm³/mol. The largest absolute Gasteiger partial charge is 0.445 e. The van der Waals surface area contributed by atoms with Gasteiger partial charge in [0.25, 0.3) is 0 Å². The Balaban J connectivity index is 1.68. The molecule has 25 heavy (non-hydrogen) atoms. The Hall–Kier alpha value is -2.41. The van der Waals surface area contributed by atoms with E-state index in [-0.39, 0.29) is 43.5 Å². The molecule has 134 valence electrons. The number of likely N-dealkylation sites (tertiary alicyclic amines) is 2. The van der Waals surface area contributed by atoms with Crippen LogP contribution in [0.5, 0.6) is 0 Å². The summed E-state index contributed by atoms with van der Waals surface area (Å²) in [7, 11) is 0. The van der Waals surface area contributed by atoms with Crippen LogP contribution in [0.4, 0.5) is 4.79 Å². The number of nitrogens with zero attached hydrogens (tertiary/aromatic N) is 2. The summed E-state index contributed by atoms with van der Waals surface area (Å²) in [5.74, 6) is -1.13. The van der Waals surface area contributed by atoms with Crippen molar-refractivity contribution in [3.8, 4) is 0 Å². The zero-order valence-electron chi connectivity index (χ0n) is 14.1. The van der Waals surface area contributed by atoms with Gasteiger partial charge in [0, 0.05) is 6.54 Å². The molecule has 3 amide bonds. The van der Waals surface area contributed by atoms with Gasteiger partial charge in [-0.05, 0) is 12.0 Å². The van der Waals surface area contributed by atoms with E-state index in [2.05, 4.69) is 0 Å². The molecule has 2 saturated heterocycles. The second-order valence-corrected chi connectivity index (χ2v) is 6.44. The molecule has 1 aromatic carbocycles. The molecule has 7 heteroatoms. The quantitative estimate of drug-likeness (QED) is 0.884. The number of fused-ring (bicyclic) bond motifs is 1. The van der Waals surface area contributed by atoms with Crippen molar-refractivity contribution in [2.75, 3.05) is 13.2 Å². The van der Waals surface area contributed by atoms with Crippen LogP contribution in [0.2, 0.25) is 0 Å². The highest BCUT2D eigenvalue weighted by atomic mass is 16.6. The van der Waals surface area contributed by atoms with Gasteiger partial charge in [-0.3, -0.25) is 14.5 Å². The molecule has 7 nitrogen and oxygen atoms in total. The Bertz CT molecular complexity index is 663. The van der Waals surface area contributed by atoms with Crippen LogP contribution in [0.25, 0.3) is 0 Å². The highest BCUT2D eigenvalue weighted by Crippen LogP contribution is 2.37. The molecule has 2 aliphatic heterocycles. The lowest BCUT2D eigenvalue weighted by atomic mass is 10.0. The second kappa shape index (κ2) is 7.23. The molecule has 0 bridgehead atoms. The lowest BCUT2D eigenvalue weighted by Gasteiger charge is -2.25. The van der Waals surface area contributed by atoms with Gasteiger partial charge in [-0.25, -0.2) is 4.79 Å². The van der Waals surface area contributed by atoms with Gasteiger partial charge in [0.2, 0.25) is 11.8 Å². The van der Waals surface area contributed by atoms with Crippen LogP contribution < -0.4 is 0 Å². The fourth-order valence-corrected chi connectivity index (χ4v) is 3.75. The second-order valence-electron chi connectivity index (χ2n) is 6.44. The van der Waals surface area contributed by atoms with E-state index in [0.717, 1.165) is 5.56 Å². The van der Waals surface area contributed by atoms with Gasteiger partial charge in [-0.15, -0.1) is 0 Å². The number of aliphatic hydroxyl groups excluding tert-OH is 1. The van der Waals surface area contributed by atoms with Gasteiger partial charge in [0.1, 0.15) is 6.61 Å². The summed E-state index contributed by atoms with van der Waals surface area (Å²) in [6, 6.07) is 8.69. The third-order valence-corrected chi connectivity index (χ3v) is 4.92. The number of imide groups is 1. The Morgan fingerprint density at radius 2 is 2.00 bits per heavy atom. The molecule has 1 aromatic rings. The lowest BCUT2D eigenvalue weighted by molar-refractivity contribution is -0.145. The number of aliphatic hydroxyl groups is 1. The summed E-state index contributed by atoms with van der Waals surface area (Å²) in [4.78, 5) is 39.8. The number of ether oxygens (including phenoxy) is 1. The molecule has 3 rings (SSSR count). The number of hydrogen-bond donors (Lipinski definition) is 1. The number of benzene rings is 1. The van der Waals surface area contributed by atoms with E-state index < -0.39 is 12.0 Å². The topological polar surface area (TPSA) is 87.2 Å². The highest BCUT2D eigenvalue weighted by molar-refractivity contribution is 5.99. The standard InChI is InChI=1S/C18H22N2O5/c1-12-16-14(20(17(12)23)15(22)8-10-21)7-9-19(16)18(24)25-11-13-5-3-2-4-6-13/h2-6,12,14,16,21H,7-11H2,1H3/t12-,14-,16+/m0/s1. The number of carbonyl (C=O) groups is 3. The van der Waals surface area contributed by atoms with Gasteiger partial charge in [0.05, 0.1) is 31.0 Å². The number of carbonyl (C=O) groups excluding carboxylic acids is 3. The summed E-state index contributed by atoms with van der Waals surface area (Å²) >= 11 is 0. The van der Waals surface area contributed by atoms with Crippen molar-refractivity contribution in [3.05, 3.63) is 35.9 Å². The first-order valence-electron chi connectivity index (χ1n) is 8.48. The highest BCUT2D eigenvalue weighted by Gasteiger charge is 2.55. The molecule has 0 aliphatic carbocycles. The Morgan fingerprint density at radius 1 is 1.28 bits per heavy atom. The van der Waals surface area contributed by atoms with Gasteiger partial charge < -0.3 is 14.7 Å². The Labute approximate surface area is 146 Å². The molecule has 1 N–H and O–H groups in total. The normalized spacial score (nSPS) is 25.2. The fourth-order valence-electron chi connectivity index (χ4n) is 3.75. The summed E-state index contributed by atoms with van der Waals surface area (Å²) in [6.45, 7) is 2.05. The van der Waals surface area contributed by atoms with Crippen LogP contribution in [0.3, 0.4) is 0 Å². The van der Waals surface area contributed by atoms with E-state index in [1.165, 1.54) is 4.90 Å². The first kappa shape index (κ1) is 17.4. The monoisotopic (exact) mass is 346 g/mol. The first-order chi connectivity index (χ1) is 12.0. The maximum Gasteiger partial charge on any atom is 0.410 e. The van der Waals surface area contributed by atoms with Crippen LogP contribution in [-0.4, -0.2) is 58.0 Å². The molecule has 3 atom stereocenters. The maximum absolute atomic E-state index is 12.5. The Morgan fingerprint density at radius 3 is 2.68 bits per heavy atom. The van der Waals surface area contributed by atoms with Crippen LogP contribution in [0.15, 0.2) is 30.3 Å². The van der Waals surface area contributed by atoms with Gasteiger partial charge >= 0.3 is 6.09 Å². The average molecular weight is 346 g/mol. The van der Waals surface area contributed by atoms with E-state index in [1.807, 2.05) is 30.3 Å². The molecule has 2 heterocycles. The predicted octanol–water partition coefficient (Wildman–Crippen LogP) is 1.15. The van der Waals surface area contributed by atoms with Crippen LogP contribution in [0.1, 0.15) is 25.3 Å². The molecule has 0 spiro atoms. The van der Waals surface area contributed by atoms with E-state index in [0.29, 0.717) is 13.0 Å². The fraction of sp³-hybridized carbons (Fsp3) is 0.500. The third-order valence-electron chi connectivity index (χ3n) is 4.92. The smallest absolute Gasteiger partial charge is 0.410 e. The molecule has 0 aromatic heterocycles. The van der Waals surface area contributed by atoms with Gasteiger partial charge in [-0.2, -0.15) is 0 Å². The molecule has 2 aliphatic rings. The third kappa shape index (κ3) is 3.24. The molecular formula is C18H22N2O5. The molecular weight excluding hydrogens is 324 g/mol. The van der Waals surface area contributed by atoms with Gasteiger partial charge in [-0.1, -0.05) is 37.3 Å². The maximum atomic E-state index is 12.5. The Kier molecular flexibility index (Phi) is 5.03. The van der Waals surface area contributed by atoms with Crippen molar-refractivity contribution < 1.29 is 24.2 Å². The van der Waals surface area contributed by atoms with Crippen LogP contribution in [0, 0.1) is 5.92 Å². The zero-order chi connectivity index (χ0) is 18.0. The number of hydrogen-bond acceptors (Lipinski definition) is 5. The minimum absolute atomic E-state index is 0.0832. The van der Waals surface area contributed by atoms with Crippen LogP contribution in [-0.2, 0) is 20.9 Å². The summed E-state index contributed by atoms with van der Waals surface area (Å²) in [6.07, 6.45) is -0.00848. The summed E-state index contributed by atoms with van der Waals surface area (Å²) < 4.78 is 5.38. The minimum Gasteiger partial charge on any atom is -0.445 e. The van der Waals surface area contributed by atoms with E-state index in [9.17, 15) is 14.4 Å². The molecule has 2 fully saturated rings. The van der Waals surface area contributed by atoms with Crippen molar-refractivity contribution in [2.24, 2.45) is 5.92 Å². The summed E-state index contributed by atoms with van der Waals surface area (Å²) in [5, 5.41) is 8.96. The van der Waals surface area contributed by atoms with Crippen LogP contribution >= 0.6 is 0 Å². The van der Waals surface area contributed by atoms with Crippen molar-refractivity contribution in [1.29, 1.82) is 0 Å². The van der Waals surface area contributed by atoms with E-state index >= 15 is 0 Å². The molecule has 0 unspecified atom stereocenters. The van der Waals surface area contributed by atoms with E-state index in [4.69, 9.17) is 9.84 Å². The molecule has 0 saturated carbocycles. The van der Waals surface area contributed by atoms with Crippen molar-refractivity contribution in [3.63, 3.8) is 0 Å². The summed E-state index contributed by atoms with van der Waals surface area (Å²) in [5.41, 5.74) is 0.891. The van der Waals surface area contributed by atoms with Crippen molar-refractivity contribution >= 4 is 17.9 Å². The lowest BCUT2D eigenvalue weighted by Crippen LogP contribution is -2.43. The van der Waals surface area contributed by atoms with Gasteiger partial charge in [0.15, 0.2) is 0 Å². The molecule has 0 radical (unpaired) electrons. The minimum atomic E-state index is -0.465. The van der Waals surface area contributed by atoms with Crippen molar-refractivity contribution in [1.82, 2.24) is 9.80 Å². The number of amides is 3. The average Bonchev–Trinajstić information content (AvgIpc) is 3.14. The number of rotatable bonds is 4. The first-order valence-corrected chi connectivity index (χ1v) is 8.48. The SMILES string of the molecule is C[C@@H]1C(=O)N(C(=O)CCO)[C@H]2CCN(C(=O)OCc3ccccc3)[C@H]12.